The zero-order valence-corrected chi connectivity index (χ0v) is 11.4. The number of amidine groups is 1. The van der Waals surface area contributed by atoms with Crippen LogP contribution in [0.2, 0.25) is 0 Å². The van der Waals surface area contributed by atoms with Crippen LogP contribution >= 0.6 is 11.8 Å². The first-order valence-electron chi connectivity index (χ1n) is 5.99. The summed E-state index contributed by atoms with van der Waals surface area (Å²) in [6, 6.07) is 0.654. The highest BCUT2D eigenvalue weighted by atomic mass is 32.2. The third-order valence-corrected chi connectivity index (χ3v) is 5.16. The van der Waals surface area contributed by atoms with Crippen LogP contribution in [0, 0.1) is 5.92 Å². The number of aliphatic imine (C=N–C) groups is 1. The van der Waals surface area contributed by atoms with Crippen LogP contribution in [0.25, 0.3) is 0 Å². The maximum atomic E-state index is 10.9. The molecule has 5 heteroatoms. The van der Waals surface area contributed by atoms with Gasteiger partial charge in [0, 0.05) is 34.6 Å². The van der Waals surface area contributed by atoms with E-state index in [-0.39, 0.29) is 0 Å². The standard InChI is InChI=1S/C11H20N2OS2/c1-16(14)7-6-12-11-13-10-5-3-2-4-9(10)8-15-11/h9-10H,2-8H2,1H3,(H,12,13). The molecule has 2 rings (SSSR count). The lowest BCUT2D eigenvalue weighted by molar-refractivity contribution is 0.311. The summed E-state index contributed by atoms with van der Waals surface area (Å²) in [5.41, 5.74) is 0. The number of nitrogens with zero attached hydrogens (tertiary/aromatic N) is 1. The molecule has 0 radical (unpaired) electrons. The minimum Gasteiger partial charge on any atom is -0.362 e. The lowest BCUT2D eigenvalue weighted by Gasteiger charge is -2.36. The Morgan fingerprint density at radius 2 is 2.31 bits per heavy atom. The predicted octanol–water partition coefficient (Wildman–Crippen LogP) is 1.62. The van der Waals surface area contributed by atoms with Crippen molar-refractivity contribution >= 4 is 27.7 Å². The van der Waals surface area contributed by atoms with Crippen molar-refractivity contribution in [1.82, 2.24) is 5.32 Å². The van der Waals surface area contributed by atoms with Gasteiger partial charge in [-0.3, -0.25) is 9.20 Å². The van der Waals surface area contributed by atoms with E-state index < -0.39 is 10.8 Å². The van der Waals surface area contributed by atoms with Gasteiger partial charge in [-0.05, 0) is 18.8 Å². The number of hydrogen-bond acceptors (Lipinski definition) is 3. The van der Waals surface area contributed by atoms with Gasteiger partial charge in [-0.1, -0.05) is 24.6 Å². The van der Waals surface area contributed by atoms with E-state index in [1.165, 1.54) is 31.4 Å². The second-order valence-electron chi connectivity index (χ2n) is 4.57. The minimum atomic E-state index is -0.722. The van der Waals surface area contributed by atoms with Crippen molar-refractivity contribution in [1.29, 1.82) is 0 Å². The fourth-order valence-corrected chi connectivity index (χ4v) is 3.89. The largest absolute Gasteiger partial charge is 0.362 e. The Morgan fingerprint density at radius 1 is 1.50 bits per heavy atom. The second-order valence-corrected chi connectivity index (χ2v) is 7.13. The number of nitrogens with one attached hydrogen (secondary N) is 1. The molecule has 0 amide bonds. The van der Waals surface area contributed by atoms with Crippen molar-refractivity contribution in [3.05, 3.63) is 0 Å². The molecule has 3 unspecified atom stereocenters. The van der Waals surface area contributed by atoms with E-state index in [0.717, 1.165) is 11.1 Å². The highest BCUT2D eigenvalue weighted by Gasteiger charge is 2.29. The van der Waals surface area contributed by atoms with Gasteiger partial charge < -0.3 is 5.32 Å². The Hall–Kier alpha value is -0.0300. The summed E-state index contributed by atoms with van der Waals surface area (Å²) in [7, 11) is -0.722. The lowest BCUT2D eigenvalue weighted by atomic mass is 9.86. The van der Waals surface area contributed by atoms with Gasteiger partial charge in [-0.2, -0.15) is 0 Å². The van der Waals surface area contributed by atoms with Crippen molar-refractivity contribution in [3.63, 3.8) is 0 Å². The molecule has 1 N–H and O–H groups in total. The summed E-state index contributed by atoms with van der Waals surface area (Å²) in [6.45, 7) is 0.690. The normalized spacial score (nSPS) is 34.2. The molecule has 1 saturated carbocycles. The van der Waals surface area contributed by atoms with Gasteiger partial charge in [-0.25, -0.2) is 0 Å². The minimum absolute atomic E-state index is 0.654. The summed E-state index contributed by atoms with van der Waals surface area (Å²) >= 11 is 1.84. The Labute approximate surface area is 104 Å². The Morgan fingerprint density at radius 3 is 3.12 bits per heavy atom. The molecule has 1 aliphatic heterocycles. The van der Waals surface area contributed by atoms with Crippen molar-refractivity contribution in [2.45, 2.75) is 31.7 Å². The van der Waals surface area contributed by atoms with Gasteiger partial charge in [0.2, 0.25) is 0 Å². The van der Waals surface area contributed by atoms with Gasteiger partial charge in [0.15, 0.2) is 5.17 Å². The Kier molecular flexibility index (Phi) is 4.70. The molecule has 3 nitrogen and oxygen atoms in total. The molecular weight excluding hydrogens is 240 g/mol. The van der Waals surface area contributed by atoms with Crippen LogP contribution < -0.4 is 5.32 Å². The summed E-state index contributed by atoms with van der Waals surface area (Å²) in [6.07, 6.45) is 7.15. The molecule has 0 aromatic heterocycles. The van der Waals surface area contributed by atoms with E-state index in [1.54, 1.807) is 6.26 Å². The molecule has 3 atom stereocenters. The highest BCUT2D eigenvalue weighted by Crippen LogP contribution is 2.31. The van der Waals surface area contributed by atoms with Crippen LogP contribution in [0.15, 0.2) is 4.99 Å². The monoisotopic (exact) mass is 260 g/mol. The molecular formula is C11H20N2OS2. The fourth-order valence-electron chi connectivity index (χ4n) is 2.35. The quantitative estimate of drug-likeness (QED) is 0.838. The lowest BCUT2D eigenvalue weighted by Crippen LogP contribution is -2.46. The van der Waals surface area contributed by atoms with Crippen molar-refractivity contribution in [2.24, 2.45) is 10.9 Å². The number of thioether (sulfide) groups is 1. The topological polar surface area (TPSA) is 41.5 Å². The molecule has 1 heterocycles. The van der Waals surface area contributed by atoms with E-state index in [0.29, 0.717) is 18.3 Å². The molecule has 0 spiro atoms. The van der Waals surface area contributed by atoms with Crippen LogP contribution in [0.5, 0.6) is 0 Å². The Bertz CT molecular complexity index is 294. The van der Waals surface area contributed by atoms with Gasteiger partial charge >= 0.3 is 0 Å². The smallest absolute Gasteiger partial charge is 0.156 e. The van der Waals surface area contributed by atoms with Gasteiger partial charge in [0.1, 0.15) is 0 Å². The average molecular weight is 260 g/mol. The zero-order chi connectivity index (χ0) is 11.4. The van der Waals surface area contributed by atoms with E-state index in [1.807, 2.05) is 11.8 Å². The first kappa shape index (κ1) is 12.4. The van der Waals surface area contributed by atoms with Crippen molar-refractivity contribution in [3.8, 4) is 0 Å². The highest BCUT2D eigenvalue weighted by molar-refractivity contribution is 8.13. The molecule has 0 aromatic carbocycles. The van der Waals surface area contributed by atoms with Crippen LogP contribution in [0.4, 0.5) is 0 Å². The fraction of sp³-hybridized carbons (Fsp3) is 0.909. The molecule has 16 heavy (non-hydrogen) atoms. The zero-order valence-electron chi connectivity index (χ0n) is 9.78. The Balaban J connectivity index is 1.82. The maximum Gasteiger partial charge on any atom is 0.156 e. The number of fused-ring (bicyclic) bond motifs is 1. The van der Waals surface area contributed by atoms with Gasteiger partial charge in [-0.15, -0.1) is 0 Å². The summed E-state index contributed by atoms with van der Waals surface area (Å²) in [4.78, 5) is 4.49. The molecule has 2 aliphatic rings. The molecule has 2 fully saturated rings. The molecule has 0 bridgehead atoms. The third kappa shape index (κ3) is 3.48. The molecule has 1 saturated heterocycles. The van der Waals surface area contributed by atoms with Crippen molar-refractivity contribution < 1.29 is 4.21 Å². The van der Waals surface area contributed by atoms with Gasteiger partial charge in [0.25, 0.3) is 0 Å². The van der Waals surface area contributed by atoms with Gasteiger partial charge in [0.05, 0.1) is 6.54 Å². The van der Waals surface area contributed by atoms with E-state index in [4.69, 9.17) is 0 Å². The van der Waals surface area contributed by atoms with Crippen LogP contribution in [0.1, 0.15) is 25.7 Å². The van der Waals surface area contributed by atoms with Crippen LogP contribution in [-0.2, 0) is 10.8 Å². The molecule has 0 aromatic rings. The SMILES string of the molecule is CS(=O)CCN=C1NC2CCCCC2CS1. The summed E-state index contributed by atoms with van der Waals surface area (Å²) < 4.78 is 10.9. The average Bonchev–Trinajstić information content (AvgIpc) is 2.28. The molecule has 1 aliphatic carbocycles. The predicted molar refractivity (Wildman–Crippen MR) is 72.6 cm³/mol. The number of rotatable bonds is 3. The molecule has 92 valence electrons. The van der Waals surface area contributed by atoms with E-state index in [2.05, 4.69) is 10.3 Å². The van der Waals surface area contributed by atoms with E-state index in [9.17, 15) is 4.21 Å². The van der Waals surface area contributed by atoms with E-state index >= 15 is 0 Å². The maximum absolute atomic E-state index is 10.9. The van der Waals surface area contributed by atoms with Crippen molar-refractivity contribution in [2.75, 3.05) is 24.3 Å². The van der Waals surface area contributed by atoms with Crippen LogP contribution in [-0.4, -0.2) is 39.7 Å². The summed E-state index contributed by atoms with van der Waals surface area (Å²) in [5, 5.41) is 4.62. The first-order chi connectivity index (χ1) is 7.75. The van der Waals surface area contributed by atoms with Crippen LogP contribution in [0.3, 0.4) is 0 Å². The summed E-state index contributed by atoms with van der Waals surface area (Å²) in [5.74, 6) is 2.74. The second kappa shape index (κ2) is 6.05. The third-order valence-electron chi connectivity index (χ3n) is 3.29. The number of hydrogen-bond donors (Lipinski definition) is 1. The first-order valence-corrected chi connectivity index (χ1v) is 8.71.